The van der Waals surface area contributed by atoms with E-state index in [-0.39, 0.29) is 0 Å². The lowest BCUT2D eigenvalue weighted by Gasteiger charge is -2.18. The maximum absolute atomic E-state index is 3.42. The molecule has 0 bridgehead atoms. The zero-order chi connectivity index (χ0) is 6.10. The first kappa shape index (κ1) is 5.48. The van der Waals surface area contributed by atoms with Crippen molar-refractivity contribution in [1.82, 2.24) is 5.32 Å². The van der Waals surface area contributed by atoms with Gasteiger partial charge in [-0.25, -0.2) is 0 Å². The molecule has 2 aliphatic rings. The molecule has 1 heteroatoms. The van der Waals surface area contributed by atoms with Crippen LogP contribution in [0.5, 0.6) is 0 Å². The van der Waals surface area contributed by atoms with Crippen molar-refractivity contribution >= 4 is 0 Å². The van der Waals surface area contributed by atoms with Crippen molar-refractivity contribution in [3.63, 3.8) is 0 Å². The van der Waals surface area contributed by atoms with Crippen molar-refractivity contribution in [2.75, 3.05) is 13.1 Å². The van der Waals surface area contributed by atoms with Crippen molar-refractivity contribution in [3.8, 4) is 0 Å². The fraction of sp³-hybridized carbons (Fsp3) is 0.750. The standard InChI is InChI=1S/C8H13N/c1-2-4-8-6-9-5-7(8)3-1/h1-2,7-9H,3-6H2/t7-,8-/m1/s1. The summed E-state index contributed by atoms with van der Waals surface area (Å²) in [6, 6.07) is 0. The van der Waals surface area contributed by atoms with E-state index in [4.69, 9.17) is 0 Å². The highest BCUT2D eigenvalue weighted by molar-refractivity contribution is 4.98. The average molecular weight is 123 g/mol. The van der Waals surface area contributed by atoms with Gasteiger partial charge in [-0.1, -0.05) is 12.2 Å². The molecule has 1 aliphatic carbocycles. The third-order valence-electron chi connectivity index (χ3n) is 2.52. The summed E-state index contributed by atoms with van der Waals surface area (Å²) in [5.41, 5.74) is 0. The molecule has 2 rings (SSSR count). The van der Waals surface area contributed by atoms with Crippen LogP contribution in [0.25, 0.3) is 0 Å². The number of rotatable bonds is 0. The molecule has 0 amide bonds. The summed E-state index contributed by atoms with van der Waals surface area (Å²) in [6.45, 7) is 2.52. The summed E-state index contributed by atoms with van der Waals surface area (Å²) >= 11 is 0. The van der Waals surface area contributed by atoms with Gasteiger partial charge in [0.15, 0.2) is 0 Å². The second-order valence-electron chi connectivity index (χ2n) is 3.12. The van der Waals surface area contributed by atoms with Crippen molar-refractivity contribution in [3.05, 3.63) is 12.2 Å². The largest absolute Gasteiger partial charge is 0.316 e. The Morgan fingerprint density at radius 1 is 1.00 bits per heavy atom. The molecule has 1 heterocycles. The van der Waals surface area contributed by atoms with Crippen LogP contribution in [0.3, 0.4) is 0 Å². The Morgan fingerprint density at radius 2 is 1.56 bits per heavy atom. The topological polar surface area (TPSA) is 12.0 Å². The van der Waals surface area contributed by atoms with Gasteiger partial charge in [-0.3, -0.25) is 0 Å². The van der Waals surface area contributed by atoms with Gasteiger partial charge in [-0.2, -0.15) is 0 Å². The van der Waals surface area contributed by atoms with Crippen LogP contribution >= 0.6 is 0 Å². The van der Waals surface area contributed by atoms with Crippen LogP contribution in [0.1, 0.15) is 12.8 Å². The molecule has 1 N–H and O–H groups in total. The Labute approximate surface area is 56.1 Å². The molecule has 0 spiro atoms. The first-order valence-corrected chi connectivity index (χ1v) is 3.82. The third-order valence-corrected chi connectivity index (χ3v) is 2.52. The van der Waals surface area contributed by atoms with Gasteiger partial charge in [0.05, 0.1) is 0 Å². The Kier molecular flexibility index (Phi) is 1.31. The Balaban J connectivity index is 2.07. The van der Waals surface area contributed by atoms with Gasteiger partial charge in [0.25, 0.3) is 0 Å². The van der Waals surface area contributed by atoms with E-state index in [2.05, 4.69) is 17.5 Å². The molecular weight excluding hydrogens is 110 g/mol. The fourth-order valence-corrected chi connectivity index (χ4v) is 1.88. The van der Waals surface area contributed by atoms with Crippen LogP contribution in [-0.2, 0) is 0 Å². The monoisotopic (exact) mass is 123 g/mol. The smallest absolute Gasteiger partial charge is 0.00142 e. The lowest BCUT2D eigenvalue weighted by molar-refractivity contribution is 0.411. The maximum Gasteiger partial charge on any atom is -0.00142 e. The van der Waals surface area contributed by atoms with E-state index < -0.39 is 0 Å². The highest BCUT2D eigenvalue weighted by Gasteiger charge is 2.26. The van der Waals surface area contributed by atoms with E-state index in [1.165, 1.54) is 25.9 Å². The lowest BCUT2D eigenvalue weighted by atomic mass is 9.86. The van der Waals surface area contributed by atoms with E-state index in [1.807, 2.05) is 0 Å². The quantitative estimate of drug-likeness (QED) is 0.477. The van der Waals surface area contributed by atoms with E-state index in [1.54, 1.807) is 0 Å². The molecule has 0 saturated carbocycles. The zero-order valence-electron chi connectivity index (χ0n) is 5.64. The number of hydrogen-bond donors (Lipinski definition) is 1. The Bertz CT molecular complexity index is 115. The van der Waals surface area contributed by atoms with Gasteiger partial charge in [0.1, 0.15) is 0 Å². The van der Waals surface area contributed by atoms with E-state index in [0.29, 0.717) is 0 Å². The van der Waals surface area contributed by atoms with Gasteiger partial charge in [0.2, 0.25) is 0 Å². The van der Waals surface area contributed by atoms with Crippen LogP contribution in [0.4, 0.5) is 0 Å². The highest BCUT2D eigenvalue weighted by atomic mass is 14.9. The summed E-state index contributed by atoms with van der Waals surface area (Å²) in [7, 11) is 0. The van der Waals surface area contributed by atoms with Crippen LogP contribution in [-0.4, -0.2) is 13.1 Å². The summed E-state index contributed by atoms with van der Waals surface area (Å²) in [4.78, 5) is 0. The molecule has 1 aliphatic heterocycles. The second-order valence-corrected chi connectivity index (χ2v) is 3.12. The van der Waals surface area contributed by atoms with Gasteiger partial charge >= 0.3 is 0 Å². The van der Waals surface area contributed by atoms with Gasteiger partial charge in [0, 0.05) is 0 Å². The zero-order valence-corrected chi connectivity index (χ0v) is 5.64. The number of fused-ring (bicyclic) bond motifs is 1. The minimum Gasteiger partial charge on any atom is -0.316 e. The molecule has 1 nitrogen and oxygen atoms in total. The van der Waals surface area contributed by atoms with Gasteiger partial charge < -0.3 is 5.32 Å². The number of allylic oxidation sites excluding steroid dienone is 2. The molecule has 0 unspecified atom stereocenters. The lowest BCUT2D eigenvalue weighted by Crippen LogP contribution is -2.13. The van der Waals surface area contributed by atoms with Crippen molar-refractivity contribution in [1.29, 1.82) is 0 Å². The summed E-state index contributed by atoms with van der Waals surface area (Å²) in [6.07, 6.45) is 7.29. The highest BCUT2D eigenvalue weighted by Crippen LogP contribution is 2.27. The Hall–Kier alpha value is -0.300. The Morgan fingerprint density at radius 3 is 2.11 bits per heavy atom. The molecule has 0 aromatic carbocycles. The van der Waals surface area contributed by atoms with Crippen molar-refractivity contribution in [2.45, 2.75) is 12.8 Å². The average Bonchev–Trinajstić information content (AvgIpc) is 2.33. The molecular formula is C8H13N. The van der Waals surface area contributed by atoms with Crippen LogP contribution in [0.15, 0.2) is 12.2 Å². The summed E-state index contributed by atoms with van der Waals surface area (Å²) in [5.74, 6) is 1.94. The number of nitrogens with one attached hydrogen (secondary N) is 1. The SMILES string of the molecule is C1=CC[C@@H]2CNC[C@H]2C1. The normalized spacial score (nSPS) is 40.9. The van der Waals surface area contributed by atoms with Crippen LogP contribution < -0.4 is 5.32 Å². The molecule has 0 radical (unpaired) electrons. The number of hydrogen-bond acceptors (Lipinski definition) is 1. The summed E-state index contributed by atoms with van der Waals surface area (Å²) in [5, 5.41) is 3.42. The third kappa shape index (κ3) is 0.897. The molecule has 2 atom stereocenters. The molecule has 50 valence electrons. The molecule has 9 heavy (non-hydrogen) atoms. The van der Waals surface area contributed by atoms with Crippen molar-refractivity contribution in [2.24, 2.45) is 11.8 Å². The summed E-state index contributed by atoms with van der Waals surface area (Å²) < 4.78 is 0. The predicted octanol–water partition coefficient (Wildman–Crippen LogP) is 1.17. The predicted molar refractivity (Wildman–Crippen MR) is 38.2 cm³/mol. The van der Waals surface area contributed by atoms with Gasteiger partial charge in [-0.05, 0) is 37.8 Å². The van der Waals surface area contributed by atoms with E-state index >= 15 is 0 Å². The second kappa shape index (κ2) is 2.14. The fourth-order valence-electron chi connectivity index (χ4n) is 1.88. The minimum absolute atomic E-state index is 0.968. The van der Waals surface area contributed by atoms with Crippen LogP contribution in [0.2, 0.25) is 0 Å². The molecule has 1 fully saturated rings. The van der Waals surface area contributed by atoms with Gasteiger partial charge in [-0.15, -0.1) is 0 Å². The van der Waals surface area contributed by atoms with E-state index in [9.17, 15) is 0 Å². The van der Waals surface area contributed by atoms with E-state index in [0.717, 1.165) is 11.8 Å². The maximum atomic E-state index is 3.42. The first-order chi connectivity index (χ1) is 4.47. The molecule has 0 aromatic rings. The molecule has 0 aromatic heterocycles. The van der Waals surface area contributed by atoms with Crippen molar-refractivity contribution < 1.29 is 0 Å². The molecule has 1 saturated heterocycles. The van der Waals surface area contributed by atoms with Crippen LogP contribution in [0, 0.1) is 11.8 Å². The first-order valence-electron chi connectivity index (χ1n) is 3.82. The minimum atomic E-state index is 0.968.